The lowest BCUT2D eigenvalue weighted by Crippen LogP contribution is -2.22. The first-order valence-electron chi connectivity index (χ1n) is 10.3. The number of sulfonamides is 1. The Labute approximate surface area is 201 Å². The number of hydrogen-bond donors (Lipinski definition) is 1. The van der Waals surface area contributed by atoms with E-state index >= 15 is 0 Å². The molecule has 11 heteroatoms. The van der Waals surface area contributed by atoms with E-state index in [0.717, 1.165) is 9.87 Å². The van der Waals surface area contributed by atoms with Crippen LogP contribution in [0.4, 0.5) is 5.69 Å². The summed E-state index contributed by atoms with van der Waals surface area (Å²) >= 11 is 1.24. The second-order valence-electron chi connectivity index (χ2n) is 7.51. The fourth-order valence-electron chi connectivity index (χ4n) is 3.16. The van der Waals surface area contributed by atoms with Crippen LogP contribution < -0.4 is 5.32 Å². The third-order valence-corrected chi connectivity index (χ3v) is 7.65. The number of nitrogens with one attached hydrogen (secondary N) is 1. The van der Waals surface area contributed by atoms with Crippen LogP contribution in [0.2, 0.25) is 0 Å². The van der Waals surface area contributed by atoms with Crippen molar-refractivity contribution in [2.75, 3.05) is 25.2 Å². The molecule has 2 aromatic heterocycles. The van der Waals surface area contributed by atoms with Crippen LogP contribution in [0.25, 0.3) is 11.6 Å². The molecule has 2 heterocycles. The molecule has 0 spiro atoms. The van der Waals surface area contributed by atoms with Crippen LogP contribution in [0.5, 0.6) is 0 Å². The summed E-state index contributed by atoms with van der Waals surface area (Å²) in [7, 11) is -0.682. The molecule has 0 fully saturated rings. The van der Waals surface area contributed by atoms with E-state index in [1.165, 1.54) is 38.0 Å². The Morgan fingerprint density at radius 3 is 2.56 bits per heavy atom. The van der Waals surface area contributed by atoms with Gasteiger partial charge in [-0.15, -0.1) is 10.2 Å². The number of furan rings is 1. The third kappa shape index (κ3) is 5.38. The van der Waals surface area contributed by atoms with Crippen molar-refractivity contribution in [2.24, 2.45) is 0 Å². The molecule has 4 rings (SSSR count). The molecule has 1 N–H and O–H groups in total. The highest BCUT2D eigenvalue weighted by molar-refractivity contribution is 7.99. The molecule has 0 saturated heterocycles. The molecule has 0 aliphatic rings. The van der Waals surface area contributed by atoms with Crippen molar-refractivity contribution < 1.29 is 17.6 Å². The van der Waals surface area contributed by atoms with E-state index in [1.807, 2.05) is 34.9 Å². The second-order valence-corrected chi connectivity index (χ2v) is 10.6. The Balaban J connectivity index is 1.49. The minimum absolute atomic E-state index is 0.0652. The maximum Gasteiger partial charge on any atom is 0.242 e. The summed E-state index contributed by atoms with van der Waals surface area (Å²) in [5.41, 5.74) is 1.45. The van der Waals surface area contributed by atoms with Gasteiger partial charge in [-0.1, -0.05) is 48.2 Å². The van der Waals surface area contributed by atoms with Gasteiger partial charge in [-0.05, 0) is 35.9 Å². The first kappa shape index (κ1) is 23.7. The number of anilines is 1. The van der Waals surface area contributed by atoms with E-state index in [9.17, 15) is 13.2 Å². The number of carbonyl (C=O) groups excluding carboxylic acids is 1. The summed E-state index contributed by atoms with van der Waals surface area (Å²) in [5, 5.41) is 11.8. The van der Waals surface area contributed by atoms with Crippen LogP contribution in [-0.2, 0) is 21.4 Å². The molecule has 0 aliphatic carbocycles. The highest BCUT2D eigenvalue weighted by Gasteiger charge is 2.19. The van der Waals surface area contributed by atoms with Gasteiger partial charge < -0.3 is 9.73 Å². The molecule has 0 radical (unpaired) electrons. The van der Waals surface area contributed by atoms with Gasteiger partial charge in [0.25, 0.3) is 0 Å². The smallest absolute Gasteiger partial charge is 0.242 e. The number of thioether (sulfide) groups is 1. The highest BCUT2D eigenvalue weighted by Crippen LogP contribution is 2.26. The second kappa shape index (κ2) is 10.2. The van der Waals surface area contributed by atoms with Crippen molar-refractivity contribution in [3.05, 3.63) is 78.6 Å². The minimum Gasteiger partial charge on any atom is -0.461 e. The predicted molar refractivity (Wildman–Crippen MR) is 130 cm³/mol. The van der Waals surface area contributed by atoms with Crippen LogP contribution in [0, 0.1) is 0 Å². The fraction of sp³-hybridized carbons (Fsp3) is 0.174. The van der Waals surface area contributed by atoms with E-state index < -0.39 is 10.0 Å². The maximum absolute atomic E-state index is 12.6. The van der Waals surface area contributed by atoms with Gasteiger partial charge in [0.1, 0.15) is 0 Å². The van der Waals surface area contributed by atoms with Crippen LogP contribution in [0.3, 0.4) is 0 Å². The Hall–Kier alpha value is -3.41. The SMILES string of the molecule is CN(C)S(=O)(=O)c1cccc(NC(=O)CSc2nnc(-c3ccco3)n2Cc2ccccc2)c1. The number of aromatic nitrogens is 3. The van der Waals surface area contributed by atoms with Crippen molar-refractivity contribution in [1.29, 1.82) is 0 Å². The van der Waals surface area contributed by atoms with Crippen LogP contribution in [0.15, 0.2) is 87.5 Å². The number of benzene rings is 2. The van der Waals surface area contributed by atoms with E-state index in [0.29, 0.717) is 29.0 Å². The Morgan fingerprint density at radius 2 is 1.85 bits per heavy atom. The third-order valence-electron chi connectivity index (χ3n) is 4.87. The fourth-order valence-corrected chi connectivity index (χ4v) is 4.85. The monoisotopic (exact) mass is 497 g/mol. The molecule has 0 aliphatic heterocycles. The van der Waals surface area contributed by atoms with E-state index in [2.05, 4.69) is 15.5 Å². The lowest BCUT2D eigenvalue weighted by Gasteiger charge is -2.13. The number of hydrogen-bond acceptors (Lipinski definition) is 7. The lowest BCUT2D eigenvalue weighted by molar-refractivity contribution is -0.113. The topological polar surface area (TPSA) is 110 Å². The Kier molecular flexibility index (Phi) is 7.15. The van der Waals surface area contributed by atoms with E-state index in [-0.39, 0.29) is 16.6 Å². The zero-order valence-corrected chi connectivity index (χ0v) is 20.2. The van der Waals surface area contributed by atoms with E-state index in [4.69, 9.17) is 4.42 Å². The number of nitrogens with zero attached hydrogens (tertiary/aromatic N) is 4. The summed E-state index contributed by atoms with van der Waals surface area (Å²) in [4.78, 5) is 12.7. The number of carbonyl (C=O) groups is 1. The van der Waals surface area contributed by atoms with Gasteiger partial charge in [-0.3, -0.25) is 9.36 Å². The van der Waals surface area contributed by atoms with Crippen molar-refractivity contribution in [3.63, 3.8) is 0 Å². The Morgan fingerprint density at radius 1 is 1.06 bits per heavy atom. The van der Waals surface area contributed by atoms with Crippen molar-refractivity contribution in [3.8, 4) is 11.6 Å². The van der Waals surface area contributed by atoms with Crippen LogP contribution in [-0.4, -0.2) is 53.2 Å². The van der Waals surface area contributed by atoms with Gasteiger partial charge in [0.15, 0.2) is 10.9 Å². The minimum atomic E-state index is -3.60. The van der Waals surface area contributed by atoms with Gasteiger partial charge in [-0.2, -0.15) is 0 Å². The molecule has 2 aromatic carbocycles. The normalized spacial score (nSPS) is 11.6. The van der Waals surface area contributed by atoms with Crippen molar-refractivity contribution >= 4 is 33.4 Å². The molecule has 0 atom stereocenters. The molecule has 176 valence electrons. The zero-order valence-electron chi connectivity index (χ0n) is 18.6. The van der Waals surface area contributed by atoms with Crippen molar-refractivity contribution in [2.45, 2.75) is 16.6 Å². The standard InChI is InChI=1S/C23H23N5O4S2/c1-27(2)34(30,31)19-11-6-10-18(14-19)24-21(29)16-33-23-26-25-22(20-12-7-13-32-20)28(23)15-17-8-4-3-5-9-17/h3-14H,15-16H2,1-2H3,(H,24,29). The summed E-state index contributed by atoms with van der Waals surface area (Å²) < 4.78 is 33.2. The van der Waals surface area contributed by atoms with Crippen LogP contribution >= 0.6 is 11.8 Å². The predicted octanol–water partition coefficient (Wildman–Crippen LogP) is 3.57. The molecule has 1 amide bonds. The quantitative estimate of drug-likeness (QED) is 0.352. The molecule has 0 bridgehead atoms. The molecular weight excluding hydrogens is 474 g/mol. The van der Waals surface area contributed by atoms with Gasteiger partial charge in [0.05, 0.1) is 23.5 Å². The Bertz CT molecular complexity index is 1370. The van der Waals surface area contributed by atoms with Gasteiger partial charge in [-0.25, -0.2) is 12.7 Å². The van der Waals surface area contributed by atoms with E-state index in [1.54, 1.807) is 30.5 Å². The molecule has 34 heavy (non-hydrogen) atoms. The van der Waals surface area contributed by atoms with Gasteiger partial charge >= 0.3 is 0 Å². The molecule has 4 aromatic rings. The number of rotatable bonds is 9. The molecule has 0 unspecified atom stereocenters. The van der Waals surface area contributed by atoms with Gasteiger partial charge in [0, 0.05) is 19.8 Å². The average molecular weight is 498 g/mol. The van der Waals surface area contributed by atoms with Crippen LogP contribution in [0.1, 0.15) is 5.56 Å². The first-order chi connectivity index (χ1) is 16.3. The summed E-state index contributed by atoms with van der Waals surface area (Å²) in [5.74, 6) is 0.922. The number of amides is 1. The summed E-state index contributed by atoms with van der Waals surface area (Å²) in [6, 6.07) is 19.6. The summed E-state index contributed by atoms with van der Waals surface area (Å²) in [6.07, 6.45) is 1.57. The van der Waals surface area contributed by atoms with Crippen molar-refractivity contribution in [1.82, 2.24) is 19.1 Å². The molecule has 9 nitrogen and oxygen atoms in total. The highest BCUT2D eigenvalue weighted by atomic mass is 32.2. The lowest BCUT2D eigenvalue weighted by atomic mass is 10.2. The average Bonchev–Trinajstić information content (AvgIpc) is 3.48. The largest absolute Gasteiger partial charge is 0.461 e. The molecular formula is C23H23N5O4S2. The molecule has 0 saturated carbocycles. The first-order valence-corrected chi connectivity index (χ1v) is 12.7. The zero-order chi connectivity index (χ0) is 24.1. The summed E-state index contributed by atoms with van der Waals surface area (Å²) in [6.45, 7) is 0.512. The maximum atomic E-state index is 12.6. The van der Waals surface area contributed by atoms with Gasteiger partial charge in [0.2, 0.25) is 21.8 Å².